The largest absolute Gasteiger partial charge is 0.453 e. The third-order valence-corrected chi connectivity index (χ3v) is 13.3. The highest BCUT2D eigenvalue weighted by Crippen LogP contribution is 2.37. The Bertz CT molecular complexity index is 2790. The maximum atomic E-state index is 14.1. The predicted molar refractivity (Wildman–Crippen MR) is 246 cm³/mol. The number of carbonyl (C=O) groups excluding carboxylic acids is 4. The number of carbonyl (C=O) groups is 4. The molecule has 0 spiro atoms. The van der Waals surface area contributed by atoms with Gasteiger partial charge in [0.2, 0.25) is 0 Å². The molecule has 5 heterocycles. The molecule has 3 aromatic heterocycles. The SMILES string of the molecule is COC(=O)N[C@@H](C(=O)N1CCCC[C@H]1c1ncc(-c2ccc(-c3nc4ccc(-c5cnc([C@@H]6CCCCN6C(=O)[C@H](NC(=O)OC)c6ccccc6)[nH]5)cc4s3)cc2)[nH]1)c1ccccc1. The van der Waals surface area contributed by atoms with Crippen molar-refractivity contribution in [2.45, 2.75) is 62.7 Å². The zero-order valence-corrected chi connectivity index (χ0v) is 36.8. The number of rotatable bonds is 11. The molecule has 0 radical (unpaired) electrons. The zero-order valence-electron chi connectivity index (χ0n) is 36.0. The first kappa shape index (κ1) is 42.9. The van der Waals surface area contributed by atoms with Crippen LogP contribution in [0.3, 0.4) is 0 Å². The second-order valence-corrected chi connectivity index (χ2v) is 17.2. The number of aromatic nitrogens is 5. The molecular formula is C49H49N9O6S. The number of amides is 4. The molecule has 0 bridgehead atoms. The van der Waals surface area contributed by atoms with Crippen molar-refractivity contribution < 1.29 is 28.7 Å². The van der Waals surface area contributed by atoms with E-state index in [9.17, 15) is 19.2 Å². The Morgan fingerprint density at radius 3 is 1.62 bits per heavy atom. The van der Waals surface area contributed by atoms with Crippen LogP contribution in [0.15, 0.2) is 116 Å². The van der Waals surface area contributed by atoms with Crippen molar-refractivity contribution in [2.24, 2.45) is 0 Å². The Hall–Kier alpha value is -7.33. The quantitative estimate of drug-likeness (QED) is 0.0983. The van der Waals surface area contributed by atoms with Crippen LogP contribution in [-0.4, -0.2) is 86.0 Å². The van der Waals surface area contributed by atoms with E-state index in [-0.39, 0.29) is 23.9 Å². The monoisotopic (exact) mass is 891 g/mol. The van der Waals surface area contributed by atoms with Crippen molar-refractivity contribution in [3.8, 4) is 33.1 Å². The number of fused-ring (bicyclic) bond motifs is 1. The van der Waals surface area contributed by atoms with Gasteiger partial charge in [0.1, 0.15) is 28.7 Å². The first-order valence-electron chi connectivity index (χ1n) is 21.8. The third kappa shape index (κ3) is 9.20. The van der Waals surface area contributed by atoms with Gasteiger partial charge in [0.05, 0.1) is 60.3 Å². The van der Waals surface area contributed by atoms with Crippen molar-refractivity contribution in [1.29, 1.82) is 0 Å². The zero-order chi connectivity index (χ0) is 44.9. The standard InChI is InChI=1S/C49H49N9O6S/c1-63-48(61)55-41(31-13-5-3-6-14-31)46(59)57-25-11-9-17-38(57)43-50-28-36(52-43)30-19-21-33(22-20-30)45-54-35-24-23-34(27-40(35)65-45)37-29-51-44(53-37)39-18-10-12-26-58(39)47(60)42(56-49(62)64-2)32-15-7-4-8-16-32/h3-8,13-16,19-24,27-29,38-39,41-42H,9-12,17-18,25-26H2,1-2H3,(H,50,52)(H,51,53)(H,55,61)(H,56,62)/t38-,39-,41+,42+/m0/s1. The molecule has 332 valence electrons. The Balaban J connectivity index is 0.896. The predicted octanol–water partition coefficient (Wildman–Crippen LogP) is 9.05. The highest BCUT2D eigenvalue weighted by molar-refractivity contribution is 7.21. The molecule has 2 saturated heterocycles. The molecule has 0 unspecified atom stereocenters. The van der Waals surface area contributed by atoms with Crippen LogP contribution >= 0.6 is 11.3 Å². The van der Waals surface area contributed by atoms with Crippen LogP contribution in [0.2, 0.25) is 0 Å². The summed E-state index contributed by atoms with van der Waals surface area (Å²) in [5.74, 6) is 0.967. The number of nitrogens with one attached hydrogen (secondary N) is 4. The summed E-state index contributed by atoms with van der Waals surface area (Å²) in [6.45, 7) is 1.09. The second kappa shape index (κ2) is 19.2. The number of likely N-dealkylation sites (tertiary alicyclic amines) is 2. The van der Waals surface area contributed by atoms with E-state index in [0.717, 1.165) is 81.8 Å². The van der Waals surface area contributed by atoms with Crippen molar-refractivity contribution in [3.63, 3.8) is 0 Å². The number of ether oxygens (including phenoxy) is 2. The van der Waals surface area contributed by atoms with Gasteiger partial charge in [0.15, 0.2) is 0 Å². The fraction of sp³-hybridized carbons (Fsp3) is 0.286. The summed E-state index contributed by atoms with van der Waals surface area (Å²) in [5, 5.41) is 6.36. The molecule has 2 aliphatic heterocycles. The highest BCUT2D eigenvalue weighted by atomic mass is 32.1. The summed E-state index contributed by atoms with van der Waals surface area (Å²) >= 11 is 1.60. The van der Waals surface area contributed by atoms with Gasteiger partial charge in [-0.2, -0.15) is 0 Å². The van der Waals surface area contributed by atoms with Gasteiger partial charge >= 0.3 is 12.2 Å². The maximum absolute atomic E-state index is 14.1. The second-order valence-electron chi connectivity index (χ2n) is 16.2. The minimum absolute atomic E-state index is 0.213. The summed E-state index contributed by atoms with van der Waals surface area (Å²) < 4.78 is 10.8. The Kier molecular flexibility index (Phi) is 12.7. The lowest BCUT2D eigenvalue weighted by molar-refractivity contribution is -0.138. The van der Waals surface area contributed by atoms with Gasteiger partial charge in [0, 0.05) is 24.2 Å². The Morgan fingerprint density at radius 2 is 1.11 bits per heavy atom. The average Bonchev–Trinajstić information content (AvgIpc) is 4.16. The van der Waals surface area contributed by atoms with Gasteiger partial charge in [-0.15, -0.1) is 11.3 Å². The van der Waals surface area contributed by atoms with Gasteiger partial charge in [-0.1, -0.05) is 91.0 Å². The number of nitrogens with zero attached hydrogens (tertiary/aromatic N) is 5. The number of piperidine rings is 2. The van der Waals surface area contributed by atoms with Gasteiger partial charge in [-0.05, 0) is 67.3 Å². The molecule has 4 amide bonds. The van der Waals surface area contributed by atoms with Crippen molar-refractivity contribution in [3.05, 3.63) is 138 Å². The molecule has 0 saturated carbocycles. The van der Waals surface area contributed by atoms with Crippen LogP contribution in [0.4, 0.5) is 9.59 Å². The van der Waals surface area contributed by atoms with Crippen LogP contribution in [0.1, 0.15) is 85.5 Å². The maximum Gasteiger partial charge on any atom is 0.407 e. The summed E-state index contributed by atoms with van der Waals surface area (Å²) in [6.07, 6.45) is 7.35. The molecular weight excluding hydrogens is 843 g/mol. The molecule has 4 atom stereocenters. The molecule has 65 heavy (non-hydrogen) atoms. The molecule has 16 heteroatoms. The van der Waals surface area contributed by atoms with Crippen LogP contribution in [0.5, 0.6) is 0 Å². The van der Waals surface area contributed by atoms with Crippen molar-refractivity contribution in [2.75, 3.05) is 27.3 Å². The van der Waals surface area contributed by atoms with E-state index in [1.165, 1.54) is 14.2 Å². The third-order valence-electron chi connectivity index (χ3n) is 12.2. The molecule has 2 fully saturated rings. The summed E-state index contributed by atoms with van der Waals surface area (Å²) in [7, 11) is 2.57. The van der Waals surface area contributed by atoms with Gasteiger partial charge in [0.25, 0.3) is 11.8 Å². The van der Waals surface area contributed by atoms with Gasteiger partial charge in [-0.25, -0.2) is 24.5 Å². The van der Waals surface area contributed by atoms with Gasteiger partial charge < -0.3 is 39.9 Å². The minimum atomic E-state index is -0.897. The fourth-order valence-electron chi connectivity index (χ4n) is 8.82. The Morgan fingerprint density at radius 1 is 0.631 bits per heavy atom. The number of imidazole rings is 2. The van der Waals surface area contributed by atoms with Crippen LogP contribution in [0.25, 0.3) is 43.3 Å². The lowest BCUT2D eigenvalue weighted by atomic mass is 9.98. The van der Waals surface area contributed by atoms with E-state index >= 15 is 0 Å². The van der Waals surface area contributed by atoms with Crippen molar-refractivity contribution in [1.82, 2.24) is 45.4 Å². The number of benzene rings is 4. The molecule has 7 aromatic rings. The summed E-state index contributed by atoms with van der Waals surface area (Å²) in [5.41, 5.74) is 6.78. The van der Waals surface area contributed by atoms with Crippen LogP contribution < -0.4 is 10.6 Å². The Labute approximate surface area is 379 Å². The smallest absolute Gasteiger partial charge is 0.407 e. The number of thiazole rings is 1. The topological polar surface area (TPSA) is 188 Å². The first-order chi connectivity index (χ1) is 31.8. The van der Waals surface area contributed by atoms with Crippen LogP contribution in [0, 0.1) is 0 Å². The highest BCUT2D eigenvalue weighted by Gasteiger charge is 2.37. The van der Waals surface area contributed by atoms with E-state index < -0.39 is 24.3 Å². The minimum Gasteiger partial charge on any atom is -0.453 e. The number of hydrogen-bond donors (Lipinski definition) is 4. The first-order valence-corrected chi connectivity index (χ1v) is 22.6. The summed E-state index contributed by atoms with van der Waals surface area (Å²) in [4.78, 5) is 78.0. The fourth-order valence-corrected chi connectivity index (χ4v) is 9.83. The number of hydrogen-bond acceptors (Lipinski definition) is 10. The van der Waals surface area contributed by atoms with E-state index in [1.54, 1.807) is 17.5 Å². The average molecular weight is 892 g/mol. The normalized spacial score (nSPS) is 17.3. The molecule has 15 nitrogen and oxygen atoms in total. The number of aromatic amines is 2. The molecule has 0 aliphatic carbocycles. The number of alkyl carbamates (subject to hydrolysis) is 2. The number of methoxy groups -OCH3 is 2. The molecule has 9 rings (SSSR count). The van der Waals surface area contributed by atoms with Crippen molar-refractivity contribution >= 4 is 45.6 Å². The lowest BCUT2D eigenvalue weighted by Gasteiger charge is -2.37. The summed E-state index contributed by atoms with van der Waals surface area (Å²) in [6, 6.07) is 30.4. The molecule has 4 N–H and O–H groups in total. The van der Waals surface area contributed by atoms with E-state index in [1.807, 2.05) is 101 Å². The molecule has 2 aliphatic rings. The number of H-pyrrole nitrogens is 2. The molecule has 4 aromatic carbocycles. The lowest BCUT2D eigenvalue weighted by Crippen LogP contribution is -2.46. The van der Waals surface area contributed by atoms with E-state index in [2.05, 4.69) is 38.8 Å². The van der Waals surface area contributed by atoms with Gasteiger partial charge in [-0.3, -0.25) is 9.59 Å². The van der Waals surface area contributed by atoms with Crippen LogP contribution in [-0.2, 0) is 19.1 Å². The van der Waals surface area contributed by atoms with E-state index in [0.29, 0.717) is 35.9 Å². The van der Waals surface area contributed by atoms with E-state index in [4.69, 9.17) is 24.4 Å².